The zero-order chi connectivity index (χ0) is 23.7. The second-order valence-electron chi connectivity index (χ2n) is 8.51. The highest BCUT2D eigenvalue weighted by Crippen LogP contribution is 2.32. The molecule has 1 amide bonds. The largest absolute Gasteiger partial charge is 0.378 e. The lowest BCUT2D eigenvalue weighted by Crippen LogP contribution is -2.37. The predicted molar refractivity (Wildman–Crippen MR) is 133 cm³/mol. The fourth-order valence-corrected chi connectivity index (χ4v) is 4.43. The molecule has 1 aliphatic rings. The summed E-state index contributed by atoms with van der Waals surface area (Å²) in [5.41, 5.74) is 5.30. The molecule has 0 spiro atoms. The molecule has 1 fully saturated rings. The van der Waals surface area contributed by atoms with Gasteiger partial charge < -0.3 is 19.9 Å². The summed E-state index contributed by atoms with van der Waals surface area (Å²) in [6, 6.07) is 17.2. The van der Waals surface area contributed by atoms with Crippen molar-refractivity contribution in [1.29, 1.82) is 0 Å². The van der Waals surface area contributed by atoms with E-state index in [4.69, 9.17) is 4.74 Å². The maximum Gasteiger partial charge on any atom is 0.221 e. The number of hydrogen-bond acceptors (Lipinski definition) is 5. The Labute approximate surface area is 197 Å². The number of aromatic nitrogens is 2. The Kier molecular flexibility index (Phi) is 5.86. The first kappa shape index (κ1) is 21.9. The number of anilines is 2. The van der Waals surface area contributed by atoms with Gasteiger partial charge in [-0.15, -0.1) is 0 Å². The molecule has 34 heavy (non-hydrogen) atoms. The molecule has 0 unspecified atom stereocenters. The van der Waals surface area contributed by atoms with Crippen LogP contribution in [0.4, 0.5) is 11.5 Å². The molecule has 0 atom stereocenters. The SMILES string of the molecule is CC(=O)Nc1cc(C(=O)c2cc(C)nc(N3CCOCC3)c2)cc(-c2cccc3[nH]ccc23)c1. The third-order valence-corrected chi connectivity index (χ3v) is 5.96. The second-order valence-corrected chi connectivity index (χ2v) is 8.51. The fraction of sp³-hybridized carbons (Fsp3) is 0.222. The highest BCUT2D eigenvalue weighted by molar-refractivity contribution is 6.11. The highest BCUT2D eigenvalue weighted by atomic mass is 16.5. The molecule has 1 saturated heterocycles. The first-order valence-corrected chi connectivity index (χ1v) is 11.3. The molecule has 0 radical (unpaired) electrons. The van der Waals surface area contributed by atoms with Crippen LogP contribution in [0.2, 0.25) is 0 Å². The molecule has 1 aliphatic heterocycles. The lowest BCUT2D eigenvalue weighted by Gasteiger charge is -2.28. The zero-order valence-electron chi connectivity index (χ0n) is 19.2. The summed E-state index contributed by atoms with van der Waals surface area (Å²) < 4.78 is 5.45. The van der Waals surface area contributed by atoms with E-state index in [-0.39, 0.29) is 11.7 Å². The zero-order valence-corrected chi connectivity index (χ0v) is 19.2. The molecule has 0 bridgehead atoms. The van der Waals surface area contributed by atoms with Gasteiger partial charge in [0, 0.05) is 59.6 Å². The third kappa shape index (κ3) is 4.43. The number of morpholine rings is 1. The molecular formula is C27H26N4O3. The standard InChI is InChI=1S/C27H26N4O3/c1-17-12-20(16-26(29-17)31-8-10-34-11-9-31)27(33)21-13-19(14-22(15-21)30-18(2)32)23-4-3-5-25-24(23)6-7-28-25/h3-7,12-16,28H,8-11H2,1-2H3,(H,30,32). The number of nitrogens with zero attached hydrogens (tertiary/aromatic N) is 2. The summed E-state index contributed by atoms with van der Waals surface area (Å²) in [7, 11) is 0. The van der Waals surface area contributed by atoms with Gasteiger partial charge in [-0.3, -0.25) is 9.59 Å². The lowest BCUT2D eigenvalue weighted by molar-refractivity contribution is -0.114. The van der Waals surface area contributed by atoms with Gasteiger partial charge in [0.2, 0.25) is 5.91 Å². The Morgan fingerprint density at radius 3 is 2.62 bits per heavy atom. The van der Waals surface area contributed by atoms with Crippen LogP contribution in [0.15, 0.2) is 60.8 Å². The first-order valence-electron chi connectivity index (χ1n) is 11.3. The minimum Gasteiger partial charge on any atom is -0.378 e. The topological polar surface area (TPSA) is 87.3 Å². The molecule has 4 aromatic rings. The van der Waals surface area contributed by atoms with E-state index in [1.807, 2.05) is 61.7 Å². The van der Waals surface area contributed by atoms with Crippen LogP contribution in [0.1, 0.15) is 28.5 Å². The van der Waals surface area contributed by atoms with E-state index in [2.05, 4.69) is 20.2 Å². The van der Waals surface area contributed by atoms with Crippen LogP contribution in [0.5, 0.6) is 0 Å². The van der Waals surface area contributed by atoms with Gasteiger partial charge in [-0.2, -0.15) is 0 Å². The van der Waals surface area contributed by atoms with Crippen molar-refractivity contribution in [3.05, 3.63) is 77.6 Å². The number of ketones is 1. The van der Waals surface area contributed by atoms with Gasteiger partial charge in [0.25, 0.3) is 0 Å². The number of nitrogens with one attached hydrogen (secondary N) is 2. The van der Waals surface area contributed by atoms with E-state index in [0.717, 1.165) is 46.6 Å². The summed E-state index contributed by atoms with van der Waals surface area (Å²) in [5, 5.41) is 3.90. The second kappa shape index (κ2) is 9.11. The van der Waals surface area contributed by atoms with Crippen LogP contribution < -0.4 is 10.2 Å². The smallest absolute Gasteiger partial charge is 0.221 e. The van der Waals surface area contributed by atoms with Crippen LogP contribution in [0, 0.1) is 6.92 Å². The van der Waals surface area contributed by atoms with Crippen LogP contribution in [0.3, 0.4) is 0 Å². The Morgan fingerprint density at radius 1 is 1.03 bits per heavy atom. The van der Waals surface area contributed by atoms with E-state index in [1.165, 1.54) is 6.92 Å². The molecule has 7 heteroatoms. The van der Waals surface area contributed by atoms with Crippen molar-refractivity contribution in [2.75, 3.05) is 36.5 Å². The number of carbonyl (C=O) groups excluding carboxylic acids is 2. The molecule has 2 aromatic carbocycles. The molecule has 2 N–H and O–H groups in total. The first-order chi connectivity index (χ1) is 16.5. The summed E-state index contributed by atoms with van der Waals surface area (Å²) in [6.07, 6.45) is 1.89. The summed E-state index contributed by atoms with van der Waals surface area (Å²) in [5.74, 6) is 0.474. The van der Waals surface area contributed by atoms with Gasteiger partial charge in [-0.05, 0) is 60.5 Å². The van der Waals surface area contributed by atoms with Gasteiger partial charge in [0.1, 0.15) is 5.82 Å². The maximum absolute atomic E-state index is 13.7. The van der Waals surface area contributed by atoms with Crippen molar-refractivity contribution >= 4 is 34.1 Å². The van der Waals surface area contributed by atoms with Crippen LogP contribution in [0.25, 0.3) is 22.0 Å². The average molecular weight is 455 g/mol. The molecular weight excluding hydrogens is 428 g/mol. The van der Waals surface area contributed by atoms with Crippen LogP contribution in [-0.4, -0.2) is 48.0 Å². The molecule has 3 heterocycles. The van der Waals surface area contributed by atoms with Gasteiger partial charge in [0.15, 0.2) is 5.78 Å². The van der Waals surface area contributed by atoms with E-state index < -0.39 is 0 Å². The molecule has 2 aromatic heterocycles. The van der Waals surface area contributed by atoms with Crippen LogP contribution in [-0.2, 0) is 9.53 Å². The number of pyridine rings is 1. The number of aryl methyl sites for hydroxylation is 1. The average Bonchev–Trinajstić information content (AvgIpc) is 3.32. The van der Waals surface area contributed by atoms with Gasteiger partial charge >= 0.3 is 0 Å². The molecule has 7 nitrogen and oxygen atoms in total. The van der Waals surface area contributed by atoms with E-state index >= 15 is 0 Å². The van der Waals surface area contributed by atoms with Crippen molar-refractivity contribution in [1.82, 2.24) is 9.97 Å². The fourth-order valence-electron chi connectivity index (χ4n) is 4.43. The Morgan fingerprint density at radius 2 is 1.82 bits per heavy atom. The van der Waals surface area contributed by atoms with Crippen LogP contribution >= 0.6 is 0 Å². The van der Waals surface area contributed by atoms with Gasteiger partial charge in [-0.1, -0.05) is 12.1 Å². The normalized spacial score (nSPS) is 13.8. The van der Waals surface area contributed by atoms with Crippen molar-refractivity contribution in [2.45, 2.75) is 13.8 Å². The summed E-state index contributed by atoms with van der Waals surface area (Å²) >= 11 is 0. The van der Waals surface area contributed by atoms with Gasteiger partial charge in [-0.25, -0.2) is 4.98 Å². The number of rotatable bonds is 5. The van der Waals surface area contributed by atoms with E-state index in [1.54, 1.807) is 6.07 Å². The number of H-pyrrole nitrogens is 1. The number of hydrogen-bond donors (Lipinski definition) is 2. The minimum absolute atomic E-state index is 0.116. The van der Waals surface area contributed by atoms with E-state index in [0.29, 0.717) is 30.0 Å². The minimum atomic E-state index is -0.190. The molecule has 5 rings (SSSR count). The highest BCUT2D eigenvalue weighted by Gasteiger charge is 2.18. The predicted octanol–water partition coefficient (Wildman–Crippen LogP) is 4.56. The number of aromatic amines is 1. The molecule has 0 saturated carbocycles. The summed E-state index contributed by atoms with van der Waals surface area (Å²) in [6.45, 7) is 6.13. The Hall–Kier alpha value is -3.97. The lowest BCUT2D eigenvalue weighted by atomic mass is 9.95. The number of carbonyl (C=O) groups is 2. The third-order valence-electron chi connectivity index (χ3n) is 5.96. The van der Waals surface area contributed by atoms with Crippen molar-refractivity contribution in [3.8, 4) is 11.1 Å². The monoisotopic (exact) mass is 454 g/mol. The Bertz CT molecular complexity index is 1390. The Balaban J connectivity index is 1.58. The number of fused-ring (bicyclic) bond motifs is 1. The molecule has 172 valence electrons. The number of ether oxygens (including phenoxy) is 1. The quantitative estimate of drug-likeness (QED) is 0.432. The number of benzene rings is 2. The van der Waals surface area contributed by atoms with Crippen molar-refractivity contribution in [2.24, 2.45) is 0 Å². The number of amides is 1. The van der Waals surface area contributed by atoms with Crippen molar-refractivity contribution in [3.63, 3.8) is 0 Å². The van der Waals surface area contributed by atoms with Crippen molar-refractivity contribution < 1.29 is 14.3 Å². The molecule has 0 aliphatic carbocycles. The summed E-state index contributed by atoms with van der Waals surface area (Å²) in [4.78, 5) is 35.5. The van der Waals surface area contributed by atoms with Gasteiger partial charge in [0.05, 0.1) is 13.2 Å². The maximum atomic E-state index is 13.7. The van der Waals surface area contributed by atoms with E-state index in [9.17, 15) is 9.59 Å².